The molecule has 0 aliphatic heterocycles. The van der Waals surface area contributed by atoms with Gasteiger partial charge in [-0.3, -0.25) is 0 Å². The van der Waals surface area contributed by atoms with Gasteiger partial charge in [-0.25, -0.2) is 4.79 Å². The number of hydrogen-bond acceptors (Lipinski definition) is 2. The Bertz CT molecular complexity index is 224. The summed E-state index contributed by atoms with van der Waals surface area (Å²) < 4.78 is 0. The van der Waals surface area contributed by atoms with E-state index >= 15 is 0 Å². The van der Waals surface area contributed by atoms with E-state index < -0.39 is 0 Å². The van der Waals surface area contributed by atoms with Crippen LogP contribution >= 0.6 is 0 Å². The van der Waals surface area contributed by atoms with Gasteiger partial charge in [-0.2, -0.15) is 0 Å². The van der Waals surface area contributed by atoms with Gasteiger partial charge in [0, 0.05) is 32.7 Å². The van der Waals surface area contributed by atoms with Crippen LogP contribution in [0.4, 0.5) is 4.79 Å². The largest absolute Gasteiger partial charge is 0.328 e. The molecular weight excluding hydrogens is 202 g/mol. The van der Waals surface area contributed by atoms with Crippen molar-refractivity contribution >= 4 is 6.03 Å². The summed E-state index contributed by atoms with van der Waals surface area (Å²) in [5.74, 6) is 0. The molecule has 4 nitrogen and oxygen atoms in total. The molecule has 0 aromatic rings. The molecule has 0 atom stereocenters. The van der Waals surface area contributed by atoms with Gasteiger partial charge in [0.25, 0.3) is 0 Å². The summed E-state index contributed by atoms with van der Waals surface area (Å²) >= 11 is 0. The normalized spacial score (nSPS) is 25.2. The fourth-order valence-corrected chi connectivity index (χ4v) is 2.31. The first-order valence-electron chi connectivity index (χ1n) is 6.25. The number of nitrogens with zero attached hydrogens (tertiary/aromatic N) is 2. The van der Waals surface area contributed by atoms with Crippen molar-refractivity contribution in [3.05, 3.63) is 0 Å². The lowest BCUT2D eigenvalue weighted by Crippen LogP contribution is -2.47. The molecule has 0 aromatic carbocycles. The Morgan fingerprint density at radius 2 is 1.81 bits per heavy atom. The van der Waals surface area contributed by atoms with Gasteiger partial charge in [0.2, 0.25) is 0 Å². The van der Waals surface area contributed by atoms with E-state index in [0.29, 0.717) is 12.1 Å². The van der Waals surface area contributed by atoms with E-state index in [4.69, 9.17) is 0 Å². The lowest BCUT2D eigenvalue weighted by molar-refractivity contribution is 0.140. The van der Waals surface area contributed by atoms with Gasteiger partial charge >= 0.3 is 6.03 Å². The van der Waals surface area contributed by atoms with Crippen molar-refractivity contribution in [3.63, 3.8) is 0 Å². The van der Waals surface area contributed by atoms with Gasteiger partial charge in [-0.15, -0.1) is 0 Å². The van der Waals surface area contributed by atoms with Crippen LogP contribution < -0.4 is 5.32 Å². The van der Waals surface area contributed by atoms with E-state index in [9.17, 15) is 4.79 Å². The molecule has 94 valence electrons. The summed E-state index contributed by atoms with van der Waals surface area (Å²) in [5.41, 5.74) is 0. The molecule has 2 amide bonds. The SMILES string of the molecule is CCN(C)C(=O)N(C)C1CCC(NC)CC1. The summed E-state index contributed by atoms with van der Waals surface area (Å²) in [6, 6.07) is 1.21. The van der Waals surface area contributed by atoms with Gasteiger partial charge in [-0.05, 0) is 39.7 Å². The Morgan fingerprint density at radius 3 is 2.25 bits per heavy atom. The first-order valence-corrected chi connectivity index (χ1v) is 6.25. The van der Waals surface area contributed by atoms with Crippen molar-refractivity contribution in [2.75, 3.05) is 27.7 Å². The Hall–Kier alpha value is -0.770. The first-order chi connectivity index (χ1) is 7.60. The zero-order valence-electron chi connectivity index (χ0n) is 11.0. The molecule has 0 aromatic heterocycles. The minimum absolute atomic E-state index is 0.149. The predicted molar refractivity (Wildman–Crippen MR) is 66.6 cm³/mol. The summed E-state index contributed by atoms with van der Waals surface area (Å²) in [4.78, 5) is 15.6. The number of urea groups is 1. The van der Waals surface area contributed by atoms with Gasteiger partial charge in [0.15, 0.2) is 0 Å². The van der Waals surface area contributed by atoms with E-state index in [1.165, 1.54) is 12.8 Å². The fraction of sp³-hybridized carbons (Fsp3) is 0.917. The molecule has 0 unspecified atom stereocenters. The number of amides is 2. The van der Waals surface area contributed by atoms with Crippen LogP contribution in [-0.4, -0.2) is 55.6 Å². The third-order valence-electron chi connectivity index (χ3n) is 3.76. The highest BCUT2D eigenvalue weighted by atomic mass is 16.2. The zero-order chi connectivity index (χ0) is 12.1. The van der Waals surface area contributed by atoms with Crippen LogP contribution in [0.2, 0.25) is 0 Å². The van der Waals surface area contributed by atoms with Crippen molar-refractivity contribution in [3.8, 4) is 0 Å². The highest BCUT2D eigenvalue weighted by Crippen LogP contribution is 2.22. The van der Waals surface area contributed by atoms with Crippen LogP contribution in [-0.2, 0) is 0 Å². The van der Waals surface area contributed by atoms with Crippen molar-refractivity contribution < 1.29 is 4.79 Å². The Labute approximate surface area is 99.0 Å². The topological polar surface area (TPSA) is 35.6 Å². The molecule has 0 spiro atoms. The number of rotatable bonds is 3. The standard InChI is InChI=1S/C12H25N3O/c1-5-14(3)12(16)15(4)11-8-6-10(13-2)7-9-11/h10-11,13H,5-9H2,1-4H3. The molecule has 0 radical (unpaired) electrons. The highest BCUT2D eigenvalue weighted by molar-refractivity contribution is 5.74. The van der Waals surface area contributed by atoms with E-state index in [-0.39, 0.29) is 6.03 Å². The summed E-state index contributed by atoms with van der Waals surface area (Å²) in [6.07, 6.45) is 4.58. The zero-order valence-corrected chi connectivity index (χ0v) is 11.0. The Morgan fingerprint density at radius 1 is 1.25 bits per heavy atom. The summed E-state index contributed by atoms with van der Waals surface area (Å²) in [6.45, 7) is 2.78. The first kappa shape index (κ1) is 13.3. The maximum absolute atomic E-state index is 12.0. The number of carbonyl (C=O) groups excluding carboxylic acids is 1. The highest BCUT2D eigenvalue weighted by Gasteiger charge is 2.26. The molecule has 0 heterocycles. The maximum Gasteiger partial charge on any atom is 0.319 e. The average molecular weight is 227 g/mol. The van der Waals surface area contributed by atoms with E-state index in [2.05, 4.69) is 5.32 Å². The third-order valence-corrected chi connectivity index (χ3v) is 3.76. The molecule has 0 saturated heterocycles. The monoisotopic (exact) mass is 227 g/mol. The van der Waals surface area contributed by atoms with Crippen LogP contribution in [0.3, 0.4) is 0 Å². The molecular formula is C12H25N3O. The summed E-state index contributed by atoms with van der Waals surface area (Å²) in [7, 11) is 5.81. The summed E-state index contributed by atoms with van der Waals surface area (Å²) in [5, 5.41) is 3.31. The van der Waals surface area contributed by atoms with E-state index in [0.717, 1.165) is 19.4 Å². The smallest absolute Gasteiger partial charge is 0.319 e. The third kappa shape index (κ3) is 3.11. The molecule has 4 heteroatoms. The van der Waals surface area contributed by atoms with Crippen LogP contribution in [0.5, 0.6) is 0 Å². The van der Waals surface area contributed by atoms with Crippen molar-refractivity contribution in [1.29, 1.82) is 0 Å². The molecule has 0 bridgehead atoms. The Kier molecular flexibility index (Phi) is 5.06. The second-order valence-corrected chi connectivity index (χ2v) is 4.70. The molecule has 1 fully saturated rings. The van der Waals surface area contributed by atoms with Crippen LogP contribution in [0.25, 0.3) is 0 Å². The number of carbonyl (C=O) groups is 1. The van der Waals surface area contributed by atoms with E-state index in [1.807, 2.05) is 33.0 Å². The van der Waals surface area contributed by atoms with Gasteiger partial charge in [-0.1, -0.05) is 0 Å². The minimum atomic E-state index is 0.149. The number of hydrogen-bond donors (Lipinski definition) is 1. The van der Waals surface area contributed by atoms with Crippen molar-refractivity contribution in [2.45, 2.75) is 44.7 Å². The van der Waals surface area contributed by atoms with Crippen LogP contribution in [0.1, 0.15) is 32.6 Å². The lowest BCUT2D eigenvalue weighted by atomic mass is 9.90. The van der Waals surface area contributed by atoms with Crippen LogP contribution in [0, 0.1) is 0 Å². The quantitative estimate of drug-likeness (QED) is 0.793. The minimum Gasteiger partial charge on any atom is -0.328 e. The second kappa shape index (κ2) is 6.09. The Balaban J connectivity index is 2.43. The predicted octanol–water partition coefficient (Wildman–Crippen LogP) is 1.52. The van der Waals surface area contributed by atoms with Gasteiger partial charge < -0.3 is 15.1 Å². The second-order valence-electron chi connectivity index (χ2n) is 4.70. The molecule has 1 aliphatic rings. The lowest BCUT2D eigenvalue weighted by Gasteiger charge is -2.36. The number of nitrogens with one attached hydrogen (secondary N) is 1. The average Bonchev–Trinajstić information content (AvgIpc) is 2.36. The fourth-order valence-electron chi connectivity index (χ4n) is 2.31. The van der Waals surface area contributed by atoms with Crippen molar-refractivity contribution in [1.82, 2.24) is 15.1 Å². The molecule has 16 heavy (non-hydrogen) atoms. The molecule has 1 rings (SSSR count). The molecule has 1 aliphatic carbocycles. The maximum atomic E-state index is 12.0. The molecule has 1 saturated carbocycles. The van der Waals surface area contributed by atoms with Gasteiger partial charge in [0.05, 0.1) is 0 Å². The van der Waals surface area contributed by atoms with Gasteiger partial charge in [0.1, 0.15) is 0 Å². The molecule has 1 N–H and O–H groups in total. The van der Waals surface area contributed by atoms with E-state index in [1.54, 1.807) is 4.90 Å². The van der Waals surface area contributed by atoms with Crippen molar-refractivity contribution in [2.24, 2.45) is 0 Å². The van der Waals surface area contributed by atoms with Crippen LogP contribution in [0.15, 0.2) is 0 Å².